The minimum absolute atomic E-state index is 0.000182. The van der Waals surface area contributed by atoms with Gasteiger partial charge < -0.3 is 15.5 Å². The van der Waals surface area contributed by atoms with E-state index in [-0.39, 0.29) is 12.5 Å². The third kappa shape index (κ3) is 2.20. The highest BCUT2D eigenvalue weighted by molar-refractivity contribution is 5.98. The van der Waals surface area contributed by atoms with Gasteiger partial charge in [-0.2, -0.15) is 0 Å². The molecule has 4 heteroatoms. The predicted molar refractivity (Wildman–Crippen MR) is 75.1 cm³/mol. The summed E-state index contributed by atoms with van der Waals surface area (Å²) < 4.78 is 0. The van der Waals surface area contributed by atoms with Crippen LogP contribution in [-0.4, -0.2) is 32.6 Å². The van der Waals surface area contributed by atoms with Crippen molar-refractivity contribution in [2.45, 2.75) is 19.8 Å². The molecular formula is C14H21N3O. The summed E-state index contributed by atoms with van der Waals surface area (Å²) in [6.45, 7) is 3.93. The van der Waals surface area contributed by atoms with Crippen LogP contribution in [0.1, 0.15) is 18.9 Å². The topological polar surface area (TPSA) is 49.6 Å². The van der Waals surface area contributed by atoms with Crippen molar-refractivity contribution in [3.05, 3.63) is 23.8 Å². The van der Waals surface area contributed by atoms with Gasteiger partial charge in [0.15, 0.2) is 0 Å². The molecule has 0 saturated heterocycles. The Morgan fingerprint density at radius 1 is 1.39 bits per heavy atom. The first kappa shape index (κ1) is 12.9. The highest BCUT2D eigenvalue weighted by atomic mass is 16.2. The van der Waals surface area contributed by atoms with Gasteiger partial charge in [-0.3, -0.25) is 4.79 Å². The second kappa shape index (κ2) is 5.40. The van der Waals surface area contributed by atoms with Crippen LogP contribution in [0.5, 0.6) is 0 Å². The summed E-state index contributed by atoms with van der Waals surface area (Å²) in [6, 6.07) is 6.17. The lowest BCUT2D eigenvalue weighted by molar-refractivity contribution is -0.117. The molecule has 2 rings (SSSR count). The van der Waals surface area contributed by atoms with E-state index in [9.17, 15) is 4.79 Å². The molecule has 0 aliphatic carbocycles. The number of carbonyl (C=O) groups excluding carboxylic acids is 1. The zero-order valence-corrected chi connectivity index (χ0v) is 11.1. The molecule has 1 aliphatic heterocycles. The lowest BCUT2D eigenvalue weighted by atomic mass is 10.1. The number of aryl methyl sites for hydroxylation is 1. The van der Waals surface area contributed by atoms with Crippen LogP contribution < -0.4 is 15.5 Å². The number of nitrogens with two attached hydrogens (primary N) is 1. The standard InChI is InChI=1S/C14H21N3O/c1-3-11-6-4-7-12-14(11)16(2)8-5-9-17(12)13(18)10-15/h4,6-7H,3,5,8-10,15H2,1-2H3. The van der Waals surface area contributed by atoms with E-state index in [1.165, 1.54) is 11.3 Å². The lowest BCUT2D eigenvalue weighted by Gasteiger charge is -2.26. The molecule has 0 unspecified atom stereocenters. The maximum Gasteiger partial charge on any atom is 0.240 e. The third-order valence-electron chi connectivity index (χ3n) is 3.50. The van der Waals surface area contributed by atoms with E-state index in [1.807, 2.05) is 17.0 Å². The summed E-state index contributed by atoms with van der Waals surface area (Å²) in [6.07, 6.45) is 1.94. The maximum atomic E-state index is 12.0. The smallest absolute Gasteiger partial charge is 0.240 e. The van der Waals surface area contributed by atoms with Crippen molar-refractivity contribution in [3.63, 3.8) is 0 Å². The number of benzene rings is 1. The van der Waals surface area contributed by atoms with Crippen LogP contribution in [0, 0.1) is 0 Å². The molecular weight excluding hydrogens is 226 g/mol. The van der Waals surface area contributed by atoms with E-state index in [1.54, 1.807) is 0 Å². The fourth-order valence-corrected chi connectivity index (χ4v) is 2.59. The van der Waals surface area contributed by atoms with E-state index >= 15 is 0 Å². The van der Waals surface area contributed by atoms with Crippen LogP contribution in [0.3, 0.4) is 0 Å². The number of hydrogen-bond donors (Lipinski definition) is 1. The molecule has 4 nitrogen and oxygen atoms in total. The molecule has 18 heavy (non-hydrogen) atoms. The quantitative estimate of drug-likeness (QED) is 0.859. The minimum Gasteiger partial charge on any atom is -0.373 e. The van der Waals surface area contributed by atoms with Crippen molar-refractivity contribution in [1.82, 2.24) is 0 Å². The molecule has 1 heterocycles. The Balaban J connectivity index is 2.53. The van der Waals surface area contributed by atoms with Crippen molar-refractivity contribution in [1.29, 1.82) is 0 Å². The van der Waals surface area contributed by atoms with E-state index in [0.717, 1.165) is 31.6 Å². The van der Waals surface area contributed by atoms with Crippen molar-refractivity contribution in [2.75, 3.05) is 36.5 Å². The van der Waals surface area contributed by atoms with E-state index in [4.69, 9.17) is 5.73 Å². The molecule has 0 radical (unpaired) electrons. The largest absolute Gasteiger partial charge is 0.373 e. The SMILES string of the molecule is CCc1cccc2c1N(C)CCCN2C(=O)CN. The first-order valence-electron chi connectivity index (χ1n) is 6.52. The summed E-state index contributed by atoms with van der Waals surface area (Å²) in [7, 11) is 2.09. The van der Waals surface area contributed by atoms with Gasteiger partial charge >= 0.3 is 0 Å². The summed E-state index contributed by atoms with van der Waals surface area (Å²) in [5.74, 6) is -0.000182. The minimum atomic E-state index is -0.000182. The van der Waals surface area contributed by atoms with Gasteiger partial charge in [0.05, 0.1) is 17.9 Å². The van der Waals surface area contributed by atoms with Crippen molar-refractivity contribution in [3.8, 4) is 0 Å². The van der Waals surface area contributed by atoms with E-state index in [2.05, 4.69) is 24.9 Å². The summed E-state index contributed by atoms with van der Waals surface area (Å²) in [4.78, 5) is 16.1. The Kier molecular flexibility index (Phi) is 3.87. The number of para-hydroxylation sites is 1. The summed E-state index contributed by atoms with van der Waals surface area (Å²) >= 11 is 0. The van der Waals surface area contributed by atoms with Crippen LogP contribution >= 0.6 is 0 Å². The first-order chi connectivity index (χ1) is 8.69. The zero-order valence-electron chi connectivity index (χ0n) is 11.1. The number of amides is 1. The van der Waals surface area contributed by atoms with Crippen molar-refractivity contribution < 1.29 is 4.79 Å². The molecule has 0 atom stereocenters. The molecule has 0 fully saturated rings. The van der Waals surface area contributed by atoms with Gasteiger partial charge in [-0.05, 0) is 24.5 Å². The van der Waals surface area contributed by atoms with Crippen LogP contribution in [0.15, 0.2) is 18.2 Å². The molecule has 98 valence electrons. The number of hydrogen-bond acceptors (Lipinski definition) is 3. The third-order valence-corrected chi connectivity index (χ3v) is 3.50. The Labute approximate surface area is 108 Å². The molecule has 0 spiro atoms. The average Bonchev–Trinajstić information content (AvgIpc) is 2.57. The van der Waals surface area contributed by atoms with E-state index < -0.39 is 0 Å². The van der Waals surface area contributed by atoms with Gasteiger partial charge in [-0.25, -0.2) is 0 Å². The Bertz CT molecular complexity index is 445. The van der Waals surface area contributed by atoms with Gasteiger partial charge in [-0.1, -0.05) is 19.1 Å². The van der Waals surface area contributed by atoms with Gasteiger partial charge in [0, 0.05) is 20.1 Å². The molecule has 1 amide bonds. The number of carbonyl (C=O) groups is 1. The molecule has 1 aromatic rings. The van der Waals surface area contributed by atoms with Gasteiger partial charge in [0.25, 0.3) is 0 Å². The Morgan fingerprint density at radius 2 is 2.17 bits per heavy atom. The van der Waals surface area contributed by atoms with Gasteiger partial charge in [-0.15, -0.1) is 0 Å². The molecule has 0 aromatic heterocycles. The molecule has 1 aromatic carbocycles. The highest BCUT2D eigenvalue weighted by Crippen LogP contribution is 2.35. The van der Waals surface area contributed by atoms with Crippen molar-refractivity contribution in [2.24, 2.45) is 5.73 Å². The van der Waals surface area contributed by atoms with Crippen LogP contribution in [0.4, 0.5) is 11.4 Å². The normalized spacial score (nSPS) is 15.3. The van der Waals surface area contributed by atoms with Crippen molar-refractivity contribution >= 4 is 17.3 Å². The second-order valence-corrected chi connectivity index (χ2v) is 4.66. The second-order valence-electron chi connectivity index (χ2n) is 4.66. The average molecular weight is 247 g/mol. The van der Waals surface area contributed by atoms with E-state index in [0.29, 0.717) is 0 Å². The number of anilines is 2. The maximum absolute atomic E-state index is 12.0. The molecule has 2 N–H and O–H groups in total. The predicted octanol–water partition coefficient (Wildman–Crippen LogP) is 1.38. The fraction of sp³-hybridized carbons (Fsp3) is 0.500. The Morgan fingerprint density at radius 3 is 2.83 bits per heavy atom. The molecule has 0 saturated carbocycles. The fourth-order valence-electron chi connectivity index (χ4n) is 2.59. The molecule has 1 aliphatic rings. The monoisotopic (exact) mass is 247 g/mol. The Hall–Kier alpha value is -1.55. The lowest BCUT2D eigenvalue weighted by Crippen LogP contribution is -2.36. The first-order valence-corrected chi connectivity index (χ1v) is 6.52. The van der Waals surface area contributed by atoms with Crippen LogP contribution in [0.25, 0.3) is 0 Å². The number of fused-ring (bicyclic) bond motifs is 1. The summed E-state index contributed by atoms with van der Waals surface area (Å²) in [5, 5.41) is 0. The van der Waals surface area contributed by atoms with Gasteiger partial charge in [0.1, 0.15) is 0 Å². The van der Waals surface area contributed by atoms with Gasteiger partial charge in [0.2, 0.25) is 5.91 Å². The molecule has 0 bridgehead atoms. The zero-order chi connectivity index (χ0) is 13.1. The highest BCUT2D eigenvalue weighted by Gasteiger charge is 2.23. The van der Waals surface area contributed by atoms with Crippen LogP contribution in [0.2, 0.25) is 0 Å². The van der Waals surface area contributed by atoms with Crippen LogP contribution in [-0.2, 0) is 11.2 Å². The number of nitrogens with zero attached hydrogens (tertiary/aromatic N) is 2. The summed E-state index contributed by atoms with van der Waals surface area (Å²) in [5.41, 5.74) is 8.98. The number of rotatable bonds is 2.